The Morgan fingerprint density at radius 3 is 2.64 bits per heavy atom. The predicted octanol–water partition coefficient (Wildman–Crippen LogP) is 2.46. The van der Waals surface area contributed by atoms with E-state index >= 15 is 0 Å². The number of carbonyl (C=O) groups is 1. The van der Waals surface area contributed by atoms with Gasteiger partial charge in [0.15, 0.2) is 6.29 Å². The van der Waals surface area contributed by atoms with E-state index in [-0.39, 0.29) is 5.91 Å². The Kier molecular flexibility index (Phi) is 4.16. The summed E-state index contributed by atoms with van der Waals surface area (Å²) >= 11 is 5.80. The Hall–Kier alpha value is -2.66. The first-order valence-electron chi connectivity index (χ1n) is 6.69. The van der Waals surface area contributed by atoms with Crippen LogP contribution in [0.2, 0.25) is 5.02 Å². The van der Waals surface area contributed by atoms with Crippen molar-refractivity contribution in [1.82, 2.24) is 15.6 Å². The van der Waals surface area contributed by atoms with Crippen LogP contribution >= 0.6 is 11.6 Å². The summed E-state index contributed by atoms with van der Waals surface area (Å²) in [5.41, 5.74) is 2.21. The lowest BCUT2D eigenvalue weighted by Crippen LogP contribution is -2.43. The zero-order valence-electron chi connectivity index (χ0n) is 11.5. The zero-order chi connectivity index (χ0) is 15.4. The van der Waals surface area contributed by atoms with Crippen molar-refractivity contribution >= 4 is 29.3 Å². The molecule has 0 spiro atoms. The summed E-state index contributed by atoms with van der Waals surface area (Å²) in [4.78, 5) is 20.6. The van der Waals surface area contributed by atoms with Crippen molar-refractivity contribution in [1.29, 1.82) is 0 Å². The maximum absolute atomic E-state index is 12.1. The van der Waals surface area contributed by atoms with E-state index in [1.54, 1.807) is 42.9 Å². The SMILES string of the molecule is O=C(NC1N=CC(c2ccccn2)=CN1)c1ccc(Cl)cc1. The van der Waals surface area contributed by atoms with Gasteiger partial charge in [-0.1, -0.05) is 17.7 Å². The van der Waals surface area contributed by atoms with Crippen molar-refractivity contribution in [2.24, 2.45) is 4.99 Å². The van der Waals surface area contributed by atoms with Gasteiger partial charge in [0.2, 0.25) is 0 Å². The molecule has 0 saturated heterocycles. The first-order valence-corrected chi connectivity index (χ1v) is 7.07. The molecule has 0 saturated carbocycles. The number of halogens is 1. The molecule has 110 valence electrons. The Morgan fingerprint density at radius 1 is 1.18 bits per heavy atom. The van der Waals surface area contributed by atoms with Crippen molar-refractivity contribution in [3.63, 3.8) is 0 Å². The van der Waals surface area contributed by atoms with Gasteiger partial charge < -0.3 is 10.6 Å². The minimum Gasteiger partial charge on any atom is -0.352 e. The molecule has 1 aromatic heterocycles. The minimum atomic E-state index is -0.504. The Morgan fingerprint density at radius 2 is 2.00 bits per heavy atom. The smallest absolute Gasteiger partial charge is 0.254 e. The molecular formula is C16H13ClN4O. The predicted molar refractivity (Wildman–Crippen MR) is 86.5 cm³/mol. The summed E-state index contributed by atoms with van der Waals surface area (Å²) in [6.07, 6.45) is 4.68. The van der Waals surface area contributed by atoms with Crippen LogP contribution < -0.4 is 10.6 Å². The molecule has 0 radical (unpaired) electrons. The van der Waals surface area contributed by atoms with E-state index in [9.17, 15) is 4.79 Å². The van der Waals surface area contributed by atoms with E-state index < -0.39 is 6.29 Å². The second kappa shape index (κ2) is 6.41. The van der Waals surface area contributed by atoms with Gasteiger partial charge in [0.05, 0.1) is 5.69 Å². The molecule has 2 N–H and O–H groups in total. The molecule has 5 nitrogen and oxygen atoms in total. The third kappa shape index (κ3) is 3.32. The molecule has 1 aromatic carbocycles. The number of rotatable bonds is 3. The molecule has 1 atom stereocenters. The molecule has 1 aliphatic heterocycles. The molecule has 1 aliphatic rings. The van der Waals surface area contributed by atoms with Gasteiger partial charge in [-0.15, -0.1) is 0 Å². The Labute approximate surface area is 132 Å². The van der Waals surface area contributed by atoms with E-state index in [0.717, 1.165) is 11.3 Å². The lowest BCUT2D eigenvalue weighted by Gasteiger charge is -2.19. The quantitative estimate of drug-likeness (QED) is 0.915. The first kappa shape index (κ1) is 14.3. The topological polar surface area (TPSA) is 66.4 Å². The first-order chi connectivity index (χ1) is 10.7. The molecule has 2 aromatic rings. The molecule has 0 fully saturated rings. The van der Waals surface area contributed by atoms with E-state index in [0.29, 0.717) is 10.6 Å². The third-order valence-electron chi connectivity index (χ3n) is 3.09. The van der Waals surface area contributed by atoms with Gasteiger partial charge in [0.1, 0.15) is 0 Å². The number of allylic oxidation sites excluding steroid dienone is 1. The van der Waals surface area contributed by atoms with E-state index in [2.05, 4.69) is 20.6 Å². The summed E-state index contributed by atoms with van der Waals surface area (Å²) < 4.78 is 0. The number of hydrogen-bond donors (Lipinski definition) is 2. The lowest BCUT2D eigenvalue weighted by atomic mass is 10.2. The lowest BCUT2D eigenvalue weighted by molar-refractivity contribution is 0.0934. The van der Waals surface area contributed by atoms with Crippen LogP contribution in [0.15, 0.2) is 59.9 Å². The molecule has 0 aliphatic carbocycles. The van der Waals surface area contributed by atoms with Crippen molar-refractivity contribution in [3.05, 3.63) is 71.1 Å². The second-order valence-electron chi connectivity index (χ2n) is 4.64. The van der Waals surface area contributed by atoms with Crippen LogP contribution in [-0.2, 0) is 0 Å². The third-order valence-corrected chi connectivity index (χ3v) is 3.35. The Bertz CT molecular complexity index is 726. The highest BCUT2D eigenvalue weighted by Gasteiger charge is 2.14. The van der Waals surface area contributed by atoms with Crippen molar-refractivity contribution in [2.75, 3.05) is 0 Å². The number of hydrogen-bond acceptors (Lipinski definition) is 4. The highest BCUT2D eigenvalue weighted by Crippen LogP contribution is 2.12. The maximum atomic E-state index is 12.1. The summed E-state index contributed by atoms with van der Waals surface area (Å²) in [6.45, 7) is 0. The van der Waals surface area contributed by atoms with Gasteiger partial charge in [-0.2, -0.15) is 0 Å². The van der Waals surface area contributed by atoms with Gasteiger partial charge in [0.25, 0.3) is 5.91 Å². The zero-order valence-corrected chi connectivity index (χ0v) is 12.3. The standard InChI is InChI=1S/C16H13ClN4O/c17-13-6-4-11(5-7-13)15(22)21-16-19-9-12(10-20-16)14-3-1-2-8-18-14/h1-10,16,19H,(H,21,22). The molecular weight excluding hydrogens is 300 g/mol. The molecule has 1 amide bonds. The van der Waals surface area contributed by atoms with Crippen molar-refractivity contribution < 1.29 is 4.79 Å². The van der Waals surface area contributed by atoms with E-state index in [4.69, 9.17) is 11.6 Å². The number of benzene rings is 1. The highest BCUT2D eigenvalue weighted by atomic mass is 35.5. The summed E-state index contributed by atoms with van der Waals surface area (Å²) in [5.74, 6) is -0.221. The normalized spacial score (nSPS) is 16.6. The molecule has 6 heteroatoms. The fraction of sp³-hybridized carbons (Fsp3) is 0.0625. The minimum absolute atomic E-state index is 0.221. The summed E-state index contributed by atoms with van der Waals surface area (Å²) in [6, 6.07) is 12.3. The highest BCUT2D eigenvalue weighted by molar-refractivity contribution is 6.30. The molecule has 3 rings (SSSR count). The number of pyridine rings is 1. The van der Waals surface area contributed by atoms with Gasteiger partial charge in [-0.3, -0.25) is 9.78 Å². The van der Waals surface area contributed by atoms with Gasteiger partial charge >= 0.3 is 0 Å². The molecule has 2 heterocycles. The number of nitrogens with one attached hydrogen (secondary N) is 2. The van der Waals surface area contributed by atoms with E-state index in [1.807, 2.05) is 18.2 Å². The average molecular weight is 313 g/mol. The number of aromatic nitrogens is 1. The maximum Gasteiger partial charge on any atom is 0.254 e. The second-order valence-corrected chi connectivity index (χ2v) is 5.08. The van der Waals surface area contributed by atoms with Gasteiger partial charge in [-0.25, -0.2) is 4.99 Å². The number of nitrogens with zero attached hydrogens (tertiary/aromatic N) is 2. The van der Waals surface area contributed by atoms with Crippen LogP contribution in [0.4, 0.5) is 0 Å². The molecule has 0 bridgehead atoms. The number of amides is 1. The average Bonchev–Trinajstić information content (AvgIpc) is 2.57. The van der Waals surface area contributed by atoms with Crippen LogP contribution in [-0.4, -0.2) is 23.4 Å². The van der Waals surface area contributed by atoms with Crippen LogP contribution in [0.5, 0.6) is 0 Å². The fourth-order valence-electron chi connectivity index (χ4n) is 1.97. The monoisotopic (exact) mass is 312 g/mol. The van der Waals surface area contributed by atoms with Crippen LogP contribution in [0.1, 0.15) is 16.1 Å². The van der Waals surface area contributed by atoms with E-state index in [1.165, 1.54) is 0 Å². The van der Waals surface area contributed by atoms with Crippen LogP contribution in [0.3, 0.4) is 0 Å². The summed E-state index contributed by atoms with van der Waals surface area (Å²) in [7, 11) is 0. The summed E-state index contributed by atoms with van der Waals surface area (Å²) in [5, 5.41) is 6.38. The van der Waals surface area contributed by atoms with Crippen molar-refractivity contribution in [3.8, 4) is 0 Å². The van der Waals surface area contributed by atoms with Crippen LogP contribution in [0, 0.1) is 0 Å². The largest absolute Gasteiger partial charge is 0.352 e. The molecule has 22 heavy (non-hydrogen) atoms. The fourth-order valence-corrected chi connectivity index (χ4v) is 2.09. The van der Waals surface area contributed by atoms with Gasteiger partial charge in [-0.05, 0) is 36.4 Å². The van der Waals surface area contributed by atoms with Crippen molar-refractivity contribution in [2.45, 2.75) is 6.29 Å². The van der Waals surface area contributed by atoms with Gasteiger partial charge in [0, 0.05) is 34.8 Å². The van der Waals surface area contributed by atoms with Crippen LogP contribution in [0.25, 0.3) is 5.57 Å². The Balaban J connectivity index is 1.62. The number of carbonyl (C=O) groups excluding carboxylic acids is 1. The molecule has 1 unspecified atom stereocenters. The number of aliphatic imine (C=N–C) groups is 1.